The summed E-state index contributed by atoms with van der Waals surface area (Å²) in [4.78, 5) is 0.386. The summed E-state index contributed by atoms with van der Waals surface area (Å²) in [6, 6.07) is 4.23. The Morgan fingerprint density at radius 1 is 1.40 bits per heavy atom. The van der Waals surface area contributed by atoms with E-state index < -0.39 is 10.0 Å². The van der Waals surface area contributed by atoms with Gasteiger partial charge in [0, 0.05) is 19.0 Å². The Morgan fingerprint density at radius 2 is 2.00 bits per heavy atom. The third-order valence-corrected chi connectivity index (χ3v) is 5.92. The van der Waals surface area contributed by atoms with E-state index in [2.05, 4.69) is 0 Å². The number of benzene rings is 1. The van der Waals surface area contributed by atoms with Crippen molar-refractivity contribution in [3.8, 4) is 0 Å². The normalized spacial score (nSPS) is 13.4. The van der Waals surface area contributed by atoms with Gasteiger partial charge in [-0.05, 0) is 18.2 Å². The monoisotopic (exact) mass is 354 g/mol. The van der Waals surface area contributed by atoms with Gasteiger partial charge in [0.1, 0.15) is 0 Å². The maximum absolute atomic E-state index is 12.5. The van der Waals surface area contributed by atoms with Crippen LogP contribution in [0.2, 0.25) is 10.0 Å². The van der Waals surface area contributed by atoms with Crippen LogP contribution in [0.3, 0.4) is 0 Å². The first-order valence-electron chi connectivity index (χ1n) is 5.94. The Bertz CT molecular complexity index is 605. The van der Waals surface area contributed by atoms with Crippen molar-refractivity contribution in [1.29, 1.82) is 0 Å². The lowest BCUT2D eigenvalue weighted by molar-refractivity contribution is 0.405. The number of nitrogens with zero attached hydrogens (tertiary/aromatic N) is 1. The molecule has 8 heteroatoms. The van der Waals surface area contributed by atoms with Crippen LogP contribution in [0, 0.1) is 5.92 Å². The van der Waals surface area contributed by atoms with Crippen molar-refractivity contribution in [3.63, 3.8) is 0 Å². The Morgan fingerprint density at radius 3 is 2.45 bits per heavy atom. The number of hydrogen-bond donors (Lipinski definition) is 1. The smallest absolute Gasteiger partial charge is 0.243 e. The molecule has 0 aliphatic rings. The summed E-state index contributed by atoms with van der Waals surface area (Å²) in [5, 5.41) is 0.511. The fourth-order valence-electron chi connectivity index (χ4n) is 1.58. The minimum absolute atomic E-state index is 0.101. The Labute approximate surface area is 134 Å². The van der Waals surface area contributed by atoms with Gasteiger partial charge in [-0.1, -0.05) is 49.3 Å². The first kappa shape index (κ1) is 17.7. The van der Waals surface area contributed by atoms with E-state index in [0.717, 1.165) is 0 Å². The second-order valence-corrected chi connectivity index (χ2v) is 7.56. The van der Waals surface area contributed by atoms with Crippen LogP contribution in [0.5, 0.6) is 0 Å². The average molecular weight is 355 g/mol. The molecule has 0 aromatic heterocycles. The summed E-state index contributed by atoms with van der Waals surface area (Å²) in [7, 11) is -3.64. The van der Waals surface area contributed by atoms with Crippen molar-refractivity contribution in [2.24, 2.45) is 11.7 Å². The molecule has 1 rings (SSSR count). The summed E-state index contributed by atoms with van der Waals surface area (Å²) >= 11 is 16.5. The molecule has 0 amide bonds. The largest absolute Gasteiger partial charge is 0.393 e. The lowest BCUT2D eigenvalue weighted by Crippen LogP contribution is -2.38. The summed E-state index contributed by atoms with van der Waals surface area (Å²) < 4.78 is 26.4. The Balaban J connectivity index is 3.11. The summed E-state index contributed by atoms with van der Waals surface area (Å²) in [6.07, 6.45) is 0. The molecule has 0 bridgehead atoms. The van der Waals surface area contributed by atoms with Crippen LogP contribution < -0.4 is 5.73 Å². The molecule has 20 heavy (non-hydrogen) atoms. The first-order chi connectivity index (χ1) is 9.20. The Kier molecular flexibility index (Phi) is 6.22. The second-order valence-electron chi connectivity index (χ2n) is 4.34. The molecule has 0 aliphatic carbocycles. The van der Waals surface area contributed by atoms with E-state index in [1.54, 1.807) is 13.8 Å². The van der Waals surface area contributed by atoms with E-state index in [1.165, 1.54) is 22.5 Å². The van der Waals surface area contributed by atoms with Crippen LogP contribution in [-0.4, -0.2) is 30.8 Å². The highest BCUT2D eigenvalue weighted by molar-refractivity contribution is 7.89. The lowest BCUT2D eigenvalue weighted by atomic mass is 10.2. The van der Waals surface area contributed by atoms with E-state index >= 15 is 0 Å². The molecular weight excluding hydrogens is 339 g/mol. The summed E-state index contributed by atoms with van der Waals surface area (Å²) in [5.41, 5.74) is 5.54. The Hall–Kier alpha value is -0.400. The molecule has 0 fully saturated rings. The average Bonchev–Trinajstić information content (AvgIpc) is 2.38. The molecule has 0 aliphatic heterocycles. The molecule has 0 heterocycles. The molecule has 112 valence electrons. The molecule has 1 atom stereocenters. The van der Waals surface area contributed by atoms with Gasteiger partial charge in [-0.25, -0.2) is 8.42 Å². The molecule has 0 saturated heterocycles. The minimum atomic E-state index is -3.64. The predicted molar refractivity (Wildman–Crippen MR) is 86.8 cm³/mol. The van der Waals surface area contributed by atoms with Crippen molar-refractivity contribution in [3.05, 3.63) is 28.2 Å². The highest BCUT2D eigenvalue weighted by Gasteiger charge is 2.25. The molecule has 4 nitrogen and oxygen atoms in total. The quantitative estimate of drug-likeness (QED) is 0.797. The van der Waals surface area contributed by atoms with Gasteiger partial charge in [0.05, 0.1) is 19.9 Å². The molecule has 0 spiro atoms. The maximum atomic E-state index is 12.5. The van der Waals surface area contributed by atoms with E-state index in [1.807, 2.05) is 0 Å². The zero-order valence-electron chi connectivity index (χ0n) is 11.1. The third-order valence-electron chi connectivity index (χ3n) is 2.84. The molecule has 2 N–H and O–H groups in total. The zero-order valence-corrected chi connectivity index (χ0v) is 14.3. The first-order valence-corrected chi connectivity index (χ1v) is 8.55. The summed E-state index contributed by atoms with van der Waals surface area (Å²) in [5.74, 6) is -0.206. The maximum Gasteiger partial charge on any atom is 0.243 e. The van der Waals surface area contributed by atoms with Gasteiger partial charge < -0.3 is 5.73 Å². The third kappa shape index (κ3) is 4.05. The summed E-state index contributed by atoms with van der Waals surface area (Å²) in [6.45, 7) is 4.08. The number of nitrogens with two attached hydrogens (primary N) is 1. The fourth-order valence-corrected chi connectivity index (χ4v) is 3.58. The van der Waals surface area contributed by atoms with Gasteiger partial charge in [0.25, 0.3) is 0 Å². The van der Waals surface area contributed by atoms with Gasteiger partial charge in [0.2, 0.25) is 10.0 Å². The van der Waals surface area contributed by atoms with Crippen molar-refractivity contribution in [2.45, 2.75) is 18.7 Å². The van der Waals surface area contributed by atoms with E-state index in [9.17, 15) is 8.42 Å². The van der Waals surface area contributed by atoms with Crippen LogP contribution in [0.25, 0.3) is 0 Å². The van der Waals surface area contributed by atoms with E-state index in [0.29, 0.717) is 11.6 Å². The van der Waals surface area contributed by atoms with Gasteiger partial charge in [-0.3, -0.25) is 0 Å². The number of thiocarbonyl (C=S) groups is 1. The zero-order chi connectivity index (χ0) is 15.5. The topological polar surface area (TPSA) is 63.4 Å². The van der Waals surface area contributed by atoms with Crippen molar-refractivity contribution in [1.82, 2.24) is 4.31 Å². The van der Waals surface area contributed by atoms with Crippen LogP contribution in [0.4, 0.5) is 0 Å². The number of rotatable bonds is 6. The number of hydrogen-bond acceptors (Lipinski definition) is 3. The highest BCUT2D eigenvalue weighted by Crippen LogP contribution is 2.26. The van der Waals surface area contributed by atoms with Crippen LogP contribution in [0.1, 0.15) is 13.8 Å². The van der Waals surface area contributed by atoms with E-state index in [4.69, 9.17) is 41.2 Å². The van der Waals surface area contributed by atoms with Crippen LogP contribution in [0.15, 0.2) is 23.1 Å². The second kappa shape index (κ2) is 7.04. The predicted octanol–water partition coefficient (Wildman–Crippen LogP) is 2.93. The van der Waals surface area contributed by atoms with Gasteiger partial charge in [-0.2, -0.15) is 4.31 Å². The van der Waals surface area contributed by atoms with Gasteiger partial charge >= 0.3 is 0 Å². The van der Waals surface area contributed by atoms with E-state index in [-0.39, 0.29) is 27.4 Å². The van der Waals surface area contributed by atoms with Crippen molar-refractivity contribution < 1.29 is 8.42 Å². The van der Waals surface area contributed by atoms with Crippen molar-refractivity contribution in [2.75, 3.05) is 13.1 Å². The van der Waals surface area contributed by atoms with Crippen LogP contribution in [-0.2, 0) is 10.0 Å². The highest BCUT2D eigenvalue weighted by atomic mass is 35.5. The molecule has 0 saturated carbocycles. The fraction of sp³-hybridized carbons (Fsp3) is 0.417. The molecule has 0 radical (unpaired) electrons. The number of sulfonamides is 1. The molecule has 1 unspecified atom stereocenters. The minimum Gasteiger partial charge on any atom is -0.393 e. The van der Waals surface area contributed by atoms with Gasteiger partial charge in [-0.15, -0.1) is 0 Å². The molecule has 1 aromatic carbocycles. The molecular formula is C12H16Cl2N2O2S2. The standard InChI is InChI=1S/C12H16Cl2N2O2S2/c1-3-16(7-8(2)12(15)19)20(17,18)9-4-5-10(13)11(14)6-9/h4-6,8H,3,7H2,1-2H3,(H2,15,19). The SMILES string of the molecule is CCN(CC(C)C(N)=S)S(=O)(=O)c1ccc(Cl)c(Cl)c1. The van der Waals surface area contributed by atoms with Crippen molar-refractivity contribution >= 4 is 50.4 Å². The number of halogens is 2. The lowest BCUT2D eigenvalue weighted by Gasteiger charge is -2.23. The molecule has 1 aromatic rings. The van der Waals surface area contributed by atoms with Gasteiger partial charge in [0.15, 0.2) is 0 Å². The van der Waals surface area contributed by atoms with Crippen LogP contribution >= 0.6 is 35.4 Å².